The number of hydrogen-bond acceptors (Lipinski definition) is 4. The molecule has 1 aliphatic rings. The summed E-state index contributed by atoms with van der Waals surface area (Å²) in [5, 5.41) is 8.79. The van der Waals surface area contributed by atoms with Gasteiger partial charge in [0.25, 0.3) is 5.91 Å². The molecule has 146 valence electrons. The first kappa shape index (κ1) is 20.3. The van der Waals surface area contributed by atoms with E-state index in [4.69, 9.17) is 17.0 Å². The normalized spacial score (nSPS) is 12.8. The number of methoxy groups -OCH3 is 1. The van der Waals surface area contributed by atoms with Crippen molar-refractivity contribution in [3.63, 3.8) is 0 Å². The Morgan fingerprint density at radius 3 is 2.43 bits per heavy atom. The molecule has 0 atom stereocenters. The number of thiocarbonyl (C=S) groups is 1. The summed E-state index contributed by atoms with van der Waals surface area (Å²) in [6, 6.07) is 10.5. The SMILES string of the molecule is COc1ccc(C(=O)NC(=S)Nc2cccc(NC(=O)C3CC3)c2C)cc1Br. The lowest BCUT2D eigenvalue weighted by atomic mass is 10.1. The van der Waals surface area contributed by atoms with Crippen molar-refractivity contribution in [1.82, 2.24) is 5.32 Å². The fourth-order valence-corrected chi connectivity index (χ4v) is 3.37. The number of ether oxygens (including phenoxy) is 1. The number of halogens is 1. The highest BCUT2D eigenvalue weighted by Gasteiger charge is 2.29. The number of anilines is 2. The van der Waals surface area contributed by atoms with Crippen LogP contribution < -0.4 is 20.7 Å². The number of amides is 2. The van der Waals surface area contributed by atoms with Gasteiger partial charge in [0.05, 0.1) is 11.6 Å². The van der Waals surface area contributed by atoms with Crippen LogP contribution in [0.2, 0.25) is 0 Å². The minimum absolute atomic E-state index is 0.0428. The number of benzene rings is 2. The molecular weight excluding hydrogens is 442 g/mol. The molecular formula is C20H20BrN3O3S. The van der Waals surface area contributed by atoms with Crippen LogP contribution in [0.1, 0.15) is 28.8 Å². The van der Waals surface area contributed by atoms with E-state index in [9.17, 15) is 9.59 Å². The summed E-state index contributed by atoms with van der Waals surface area (Å²) in [7, 11) is 1.56. The summed E-state index contributed by atoms with van der Waals surface area (Å²) >= 11 is 8.63. The molecule has 0 unspecified atom stereocenters. The highest BCUT2D eigenvalue weighted by molar-refractivity contribution is 9.10. The van der Waals surface area contributed by atoms with E-state index in [1.807, 2.05) is 25.1 Å². The van der Waals surface area contributed by atoms with E-state index in [1.165, 1.54) is 0 Å². The van der Waals surface area contributed by atoms with Crippen LogP contribution in [-0.2, 0) is 4.79 Å². The Kier molecular flexibility index (Phi) is 6.31. The van der Waals surface area contributed by atoms with Gasteiger partial charge in [0.2, 0.25) is 5.91 Å². The van der Waals surface area contributed by atoms with E-state index < -0.39 is 0 Å². The number of rotatable bonds is 5. The Hall–Kier alpha value is -2.45. The summed E-state index contributed by atoms with van der Waals surface area (Å²) in [6.07, 6.45) is 1.89. The Balaban J connectivity index is 1.65. The van der Waals surface area contributed by atoms with E-state index in [0.29, 0.717) is 15.8 Å². The number of hydrogen-bond donors (Lipinski definition) is 3. The zero-order valence-electron chi connectivity index (χ0n) is 15.5. The van der Waals surface area contributed by atoms with Crippen LogP contribution in [-0.4, -0.2) is 24.0 Å². The quantitative estimate of drug-likeness (QED) is 0.580. The zero-order chi connectivity index (χ0) is 20.3. The summed E-state index contributed by atoms with van der Waals surface area (Å²) in [5.74, 6) is 0.469. The molecule has 0 radical (unpaired) electrons. The maximum absolute atomic E-state index is 12.4. The van der Waals surface area contributed by atoms with Gasteiger partial charge in [-0.25, -0.2) is 0 Å². The fourth-order valence-electron chi connectivity index (χ4n) is 2.62. The van der Waals surface area contributed by atoms with Crippen LogP contribution in [0.15, 0.2) is 40.9 Å². The molecule has 0 heterocycles. The van der Waals surface area contributed by atoms with Crippen molar-refractivity contribution in [1.29, 1.82) is 0 Å². The van der Waals surface area contributed by atoms with Gasteiger partial charge >= 0.3 is 0 Å². The predicted octanol–water partition coefficient (Wildman–Crippen LogP) is 4.24. The lowest BCUT2D eigenvalue weighted by Crippen LogP contribution is -2.34. The summed E-state index contributed by atoms with van der Waals surface area (Å²) in [4.78, 5) is 24.4. The molecule has 0 aliphatic heterocycles. The van der Waals surface area contributed by atoms with Crippen molar-refractivity contribution in [2.24, 2.45) is 5.92 Å². The molecule has 2 aromatic carbocycles. The molecule has 6 nitrogen and oxygen atoms in total. The highest BCUT2D eigenvalue weighted by Crippen LogP contribution is 2.31. The van der Waals surface area contributed by atoms with Gasteiger partial charge in [-0.1, -0.05) is 6.07 Å². The molecule has 1 fully saturated rings. The molecule has 0 aromatic heterocycles. The van der Waals surface area contributed by atoms with E-state index in [-0.39, 0.29) is 22.8 Å². The fraction of sp³-hybridized carbons (Fsp3) is 0.250. The molecule has 2 aromatic rings. The highest BCUT2D eigenvalue weighted by atomic mass is 79.9. The number of nitrogens with one attached hydrogen (secondary N) is 3. The van der Waals surface area contributed by atoms with Crippen molar-refractivity contribution in [2.75, 3.05) is 17.7 Å². The number of carbonyl (C=O) groups is 2. The predicted molar refractivity (Wildman–Crippen MR) is 117 cm³/mol. The molecule has 8 heteroatoms. The molecule has 3 N–H and O–H groups in total. The third-order valence-corrected chi connectivity index (χ3v) is 5.25. The van der Waals surface area contributed by atoms with Crippen molar-refractivity contribution in [3.05, 3.63) is 52.0 Å². The van der Waals surface area contributed by atoms with E-state index in [0.717, 1.165) is 29.8 Å². The van der Waals surface area contributed by atoms with E-state index >= 15 is 0 Å². The van der Waals surface area contributed by atoms with Crippen molar-refractivity contribution in [2.45, 2.75) is 19.8 Å². The van der Waals surface area contributed by atoms with Crippen LogP contribution in [0.25, 0.3) is 0 Å². The lowest BCUT2D eigenvalue weighted by Gasteiger charge is -2.15. The average Bonchev–Trinajstić information content (AvgIpc) is 3.50. The van der Waals surface area contributed by atoms with Crippen molar-refractivity contribution in [3.8, 4) is 5.75 Å². The Morgan fingerprint density at radius 1 is 1.14 bits per heavy atom. The van der Waals surface area contributed by atoms with Crippen LogP contribution in [0.5, 0.6) is 5.75 Å². The lowest BCUT2D eigenvalue weighted by molar-refractivity contribution is -0.117. The van der Waals surface area contributed by atoms with Crippen LogP contribution >= 0.6 is 28.1 Å². The minimum atomic E-state index is -0.336. The van der Waals surface area contributed by atoms with Gasteiger partial charge in [-0.3, -0.25) is 14.9 Å². The van der Waals surface area contributed by atoms with Gasteiger partial charge in [0.1, 0.15) is 5.75 Å². The monoisotopic (exact) mass is 461 g/mol. The van der Waals surface area contributed by atoms with E-state index in [1.54, 1.807) is 25.3 Å². The second-order valence-electron chi connectivity index (χ2n) is 6.50. The summed E-state index contributed by atoms with van der Waals surface area (Å²) in [5.41, 5.74) is 2.74. The molecule has 3 rings (SSSR count). The van der Waals surface area contributed by atoms with Gasteiger partial charge in [-0.15, -0.1) is 0 Å². The first-order chi connectivity index (χ1) is 13.4. The van der Waals surface area contributed by atoms with Gasteiger partial charge in [0.15, 0.2) is 5.11 Å². The molecule has 0 saturated heterocycles. The number of carbonyl (C=O) groups excluding carboxylic acids is 2. The maximum Gasteiger partial charge on any atom is 0.257 e. The zero-order valence-corrected chi connectivity index (χ0v) is 17.9. The van der Waals surface area contributed by atoms with E-state index in [2.05, 4.69) is 31.9 Å². The first-order valence-corrected chi connectivity index (χ1v) is 9.95. The summed E-state index contributed by atoms with van der Waals surface area (Å²) < 4.78 is 5.84. The van der Waals surface area contributed by atoms with Gasteiger partial charge < -0.3 is 15.4 Å². The van der Waals surface area contributed by atoms with Crippen LogP contribution in [0, 0.1) is 12.8 Å². The molecule has 1 aliphatic carbocycles. The average molecular weight is 462 g/mol. The van der Waals surface area contributed by atoms with Gasteiger partial charge in [-0.05, 0) is 83.8 Å². The van der Waals surface area contributed by atoms with Crippen molar-refractivity contribution >= 4 is 56.4 Å². The minimum Gasteiger partial charge on any atom is -0.496 e. The Bertz CT molecular complexity index is 944. The standard InChI is InChI=1S/C20H20BrN3O3S/c1-11-15(22-18(25)12-6-7-12)4-3-5-16(11)23-20(28)24-19(26)13-8-9-17(27-2)14(21)10-13/h3-5,8-10,12H,6-7H2,1-2H3,(H,22,25)(H2,23,24,26,28). The largest absolute Gasteiger partial charge is 0.496 e. The molecule has 0 spiro atoms. The second kappa shape index (κ2) is 8.70. The molecule has 2 amide bonds. The van der Waals surface area contributed by atoms with Crippen molar-refractivity contribution < 1.29 is 14.3 Å². The maximum atomic E-state index is 12.4. The van der Waals surface area contributed by atoms with Crippen LogP contribution in [0.3, 0.4) is 0 Å². The second-order valence-corrected chi connectivity index (χ2v) is 7.76. The topological polar surface area (TPSA) is 79.5 Å². The third kappa shape index (κ3) is 4.88. The van der Waals surface area contributed by atoms with Gasteiger partial charge in [0, 0.05) is 22.9 Å². The summed E-state index contributed by atoms with van der Waals surface area (Å²) in [6.45, 7) is 1.88. The first-order valence-electron chi connectivity index (χ1n) is 8.75. The smallest absolute Gasteiger partial charge is 0.257 e. The Morgan fingerprint density at radius 2 is 1.82 bits per heavy atom. The molecule has 28 heavy (non-hydrogen) atoms. The Labute approximate surface area is 177 Å². The molecule has 0 bridgehead atoms. The third-order valence-electron chi connectivity index (χ3n) is 4.43. The molecule has 1 saturated carbocycles. The van der Waals surface area contributed by atoms with Crippen LogP contribution in [0.4, 0.5) is 11.4 Å². The van der Waals surface area contributed by atoms with Gasteiger partial charge in [-0.2, -0.15) is 0 Å².